The summed E-state index contributed by atoms with van der Waals surface area (Å²) >= 11 is 0. The van der Waals surface area contributed by atoms with E-state index in [-0.39, 0.29) is 35.3 Å². The van der Waals surface area contributed by atoms with Crippen molar-refractivity contribution in [2.24, 2.45) is 0 Å². The summed E-state index contributed by atoms with van der Waals surface area (Å²) in [7, 11) is 1.72. The molecule has 12 heteroatoms. The summed E-state index contributed by atoms with van der Waals surface area (Å²) in [5.41, 5.74) is 6.66. The third kappa shape index (κ3) is 11.3. The molecule has 1 aromatic heterocycles. The van der Waals surface area contributed by atoms with E-state index in [1.165, 1.54) is 6.07 Å². The quantitative estimate of drug-likeness (QED) is 0.0699. The number of carbonyl (C=O) groups is 3. The van der Waals surface area contributed by atoms with Gasteiger partial charge in [0.05, 0.1) is 11.2 Å². The summed E-state index contributed by atoms with van der Waals surface area (Å²) < 4.78 is 5.79. The number of likely N-dealkylation sites (tertiary alicyclic amines) is 1. The van der Waals surface area contributed by atoms with Crippen molar-refractivity contribution in [2.75, 3.05) is 48.8 Å². The van der Waals surface area contributed by atoms with Crippen molar-refractivity contribution in [1.29, 1.82) is 0 Å². The number of hydrogen-bond donors (Lipinski definition) is 5. The Labute approximate surface area is 355 Å². The van der Waals surface area contributed by atoms with Gasteiger partial charge in [0, 0.05) is 73.1 Å². The van der Waals surface area contributed by atoms with Gasteiger partial charge >= 0.3 is 6.09 Å². The molecule has 61 heavy (non-hydrogen) atoms. The molecule has 0 spiro atoms. The van der Waals surface area contributed by atoms with E-state index in [4.69, 9.17) is 4.74 Å². The molecule has 1 fully saturated rings. The summed E-state index contributed by atoms with van der Waals surface area (Å²) in [5.74, 6) is -0.280. The Bertz CT molecular complexity index is 2530. The number of fused-ring (bicyclic) bond motifs is 1. The second-order valence-corrected chi connectivity index (χ2v) is 15.6. The average molecular weight is 821 g/mol. The molecule has 1 aliphatic heterocycles. The lowest BCUT2D eigenvalue weighted by molar-refractivity contribution is -0.118. The van der Waals surface area contributed by atoms with E-state index >= 15 is 0 Å². The van der Waals surface area contributed by atoms with Crippen molar-refractivity contribution in [3.05, 3.63) is 154 Å². The Balaban J connectivity index is 0.836. The minimum Gasteiger partial charge on any atom is -0.506 e. The van der Waals surface area contributed by atoms with Gasteiger partial charge < -0.3 is 35.3 Å². The number of ether oxygens (including phenoxy) is 1. The molecule has 1 saturated heterocycles. The lowest BCUT2D eigenvalue weighted by Gasteiger charge is -2.31. The molecule has 0 unspecified atom stereocenters. The van der Waals surface area contributed by atoms with Crippen LogP contribution in [-0.4, -0.2) is 78.3 Å². The van der Waals surface area contributed by atoms with Crippen LogP contribution in [0.1, 0.15) is 47.7 Å². The van der Waals surface area contributed by atoms with Gasteiger partial charge in [-0.05, 0) is 104 Å². The maximum Gasteiger partial charge on any atom is 0.411 e. The Morgan fingerprint density at radius 1 is 0.869 bits per heavy atom. The molecule has 7 rings (SSSR count). The van der Waals surface area contributed by atoms with Crippen molar-refractivity contribution in [2.45, 2.75) is 51.2 Å². The highest BCUT2D eigenvalue weighted by atomic mass is 16.6. The number of aromatic amines is 1. The highest BCUT2D eigenvalue weighted by Gasteiger charge is 2.24. The minimum absolute atomic E-state index is 0.0501. The van der Waals surface area contributed by atoms with Crippen molar-refractivity contribution < 1.29 is 24.2 Å². The normalized spacial score (nSPS) is 13.7. The number of aromatic hydroxyl groups is 1. The van der Waals surface area contributed by atoms with E-state index in [0.29, 0.717) is 80.0 Å². The third-order valence-electron chi connectivity index (χ3n) is 11.1. The van der Waals surface area contributed by atoms with Crippen molar-refractivity contribution in [1.82, 2.24) is 15.2 Å². The highest BCUT2D eigenvalue weighted by molar-refractivity contribution is 6.05. The van der Waals surface area contributed by atoms with Crippen LogP contribution in [0.25, 0.3) is 22.0 Å². The first-order chi connectivity index (χ1) is 29.6. The van der Waals surface area contributed by atoms with Crippen molar-refractivity contribution in [3.63, 3.8) is 0 Å². The number of piperidine rings is 1. The summed E-state index contributed by atoms with van der Waals surface area (Å²) in [5, 5.41) is 20.5. The number of aromatic nitrogens is 1. The van der Waals surface area contributed by atoms with Gasteiger partial charge in [-0.15, -0.1) is 0 Å². The molecule has 5 aromatic carbocycles. The fourth-order valence-electron chi connectivity index (χ4n) is 7.80. The molecule has 6 aromatic rings. The van der Waals surface area contributed by atoms with E-state index in [1.54, 1.807) is 42.3 Å². The number of phenols is 1. The number of benzene rings is 5. The number of anilines is 3. The Morgan fingerprint density at radius 3 is 2.46 bits per heavy atom. The number of hydrogen-bond acceptors (Lipinski definition) is 8. The van der Waals surface area contributed by atoms with Gasteiger partial charge in [-0.1, -0.05) is 72.8 Å². The van der Waals surface area contributed by atoms with E-state index in [9.17, 15) is 24.3 Å². The smallest absolute Gasteiger partial charge is 0.411 e. The van der Waals surface area contributed by atoms with Crippen LogP contribution in [0, 0.1) is 0 Å². The molecule has 0 bridgehead atoms. The first kappa shape index (κ1) is 42.4. The maximum atomic E-state index is 13.4. The van der Waals surface area contributed by atoms with Crippen LogP contribution in [0.15, 0.2) is 132 Å². The number of para-hydroxylation sites is 1. The van der Waals surface area contributed by atoms with Gasteiger partial charge in [0.15, 0.2) is 0 Å². The summed E-state index contributed by atoms with van der Waals surface area (Å²) in [6.45, 7) is 4.81. The van der Waals surface area contributed by atoms with E-state index in [0.717, 1.165) is 34.1 Å². The second kappa shape index (κ2) is 20.0. The lowest BCUT2D eigenvalue weighted by atomic mass is 10.0. The number of carbonyl (C=O) groups excluding carboxylic acids is 3. The van der Waals surface area contributed by atoms with Crippen molar-refractivity contribution in [3.8, 4) is 16.9 Å². The molecule has 2 heterocycles. The zero-order valence-electron chi connectivity index (χ0n) is 34.5. The van der Waals surface area contributed by atoms with Gasteiger partial charge in [0.2, 0.25) is 11.5 Å². The largest absolute Gasteiger partial charge is 0.506 e. The van der Waals surface area contributed by atoms with Crippen LogP contribution in [0.2, 0.25) is 0 Å². The first-order valence-corrected chi connectivity index (χ1v) is 20.8. The topological polar surface area (TPSA) is 156 Å². The average Bonchev–Trinajstić information content (AvgIpc) is 3.27. The maximum absolute atomic E-state index is 13.4. The highest BCUT2D eigenvalue weighted by Crippen LogP contribution is 2.29. The van der Waals surface area contributed by atoms with Crippen LogP contribution in [0.5, 0.6) is 5.75 Å². The number of H-pyrrole nitrogens is 1. The summed E-state index contributed by atoms with van der Waals surface area (Å²) in [4.78, 5) is 57.8. The predicted molar refractivity (Wildman–Crippen MR) is 241 cm³/mol. The number of nitrogens with zero attached hydrogens (tertiary/aromatic N) is 2. The zero-order valence-corrected chi connectivity index (χ0v) is 34.5. The van der Waals surface area contributed by atoms with Crippen LogP contribution in [-0.2, 0) is 22.4 Å². The predicted octanol–water partition coefficient (Wildman–Crippen LogP) is 7.98. The first-order valence-electron chi connectivity index (χ1n) is 20.8. The minimum atomic E-state index is -0.475. The molecule has 1 atom stereocenters. The van der Waals surface area contributed by atoms with Gasteiger partial charge in [0.25, 0.3) is 5.91 Å². The third-order valence-corrected chi connectivity index (χ3v) is 11.1. The monoisotopic (exact) mass is 820 g/mol. The summed E-state index contributed by atoms with van der Waals surface area (Å²) in [6, 6.07) is 39.2. The molecule has 1 aliphatic rings. The molecule has 12 nitrogen and oxygen atoms in total. The van der Waals surface area contributed by atoms with Crippen LogP contribution in [0.3, 0.4) is 0 Å². The molecule has 0 aliphatic carbocycles. The molecular weight excluding hydrogens is 769 g/mol. The van der Waals surface area contributed by atoms with Gasteiger partial charge in [-0.3, -0.25) is 19.7 Å². The Kier molecular flexibility index (Phi) is 13.9. The number of rotatable bonds is 15. The van der Waals surface area contributed by atoms with Gasteiger partial charge in [-0.25, -0.2) is 4.79 Å². The van der Waals surface area contributed by atoms with Crippen molar-refractivity contribution >= 4 is 45.9 Å². The van der Waals surface area contributed by atoms with Crippen LogP contribution in [0.4, 0.5) is 21.9 Å². The van der Waals surface area contributed by atoms with Crippen LogP contribution < -0.4 is 26.4 Å². The molecule has 3 amide bonds. The zero-order chi connectivity index (χ0) is 42.7. The number of phenolic OH excluding ortho intramolecular Hbond substituents is 1. The number of pyridine rings is 1. The van der Waals surface area contributed by atoms with Crippen LogP contribution >= 0.6 is 0 Å². The molecule has 5 N–H and O–H groups in total. The molecule has 0 radical (unpaired) electrons. The molecule has 314 valence electrons. The standard InChI is InChI=1S/C49H52N6O6/c1-33(50-26-22-36-18-20-44(56)47-42(36)19-21-45(57)53-47)30-34-10-8-14-38(31-34)51-48(59)37-13-9-15-39(32-37)54(2)46(58)25-29-55-27-23-40(24-28-55)61-49(60)52-43-17-7-6-16-41(43)35-11-4-3-5-12-35/h3-21,31-33,40,50,56H,22-30H2,1-2H3,(H,51,59)(H,52,60)(H,53,57)/t33-/m0/s1. The molecule has 0 saturated carbocycles. The fourth-order valence-corrected chi connectivity index (χ4v) is 7.80. The van der Waals surface area contributed by atoms with E-state index < -0.39 is 6.09 Å². The number of amides is 3. The summed E-state index contributed by atoms with van der Waals surface area (Å²) in [6.07, 6.45) is 2.44. The van der Waals surface area contributed by atoms with E-state index in [2.05, 4.69) is 32.8 Å². The second-order valence-electron chi connectivity index (χ2n) is 15.6. The number of nitrogens with one attached hydrogen (secondary N) is 4. The lowest BCUT2D eigenvalue weighted by Crippen LogP contribution is -2.40. The Morgan fingerprint density at radius 2 is 1.64 bits per heavy atom. The van der Waals surface area contributed by atoms with Gasteiger partial charge in [-0.2, -0.15) is 0 Å². The SMILES string of the molecule is C[C@@H](Cc1cccc(NC(=O)c2cccc(N(C)C(=O)CCN3CCC(OC(=O)Nc4ccccc4-c4ccccc4)CC3)c2)c1)NCCc1ccc(O)c2[nH]c(=O)ccc12. The van der Waals surface area contributed by atoms with Gasteiger partial charge in [0.1, 0.15) is 11.9 Å². The Hall–Kier alpha value is -6.76. The fraction of sp³-hybridized carbons (Fsp3) is 0.265. The molecular formula is C49H52N6O6. The van der Waals surface area contributed by atoms with E-state index in [1.807, 2.05) is 91.0 Å².